The molecule has 48 heavy (non-hydrogen) atoms. The summed E-state index contributed by atoms with van der Waals surface area (Å²) in [6.07, 6.45) is 5.51. The van der Waals surface area contributed by atoms with Crippen LogP contribution in [0.3, 0.4) is 0 Å². The first kappa shape index (κ1) is 34.1. The van der Waals surface area contributed by atoms with E-state index in [1.54, 1.807) is 24.3 Å². The Hall–Kier alpha value is -3.78. The third kappa shape index (κ3) is 7.14. The molecule has 1 aliphatic rings. The van der Waals surface area contributed by atoms with E-state index in [9.17, 15) is 5.26 Å². The number of hydrogen-bond donors (Lipinski definition) is 2. The number of piperidine rings is 1. The molecule has 0 radical (unpaired) electrons. The third-order valence-corrected chi connectivity index (χ3v) is 9.75. The molecule has 248 valence electrons. The number of nitriles is 1. The normalized spacial score (nSPS) is 14.9. The molecule has 0 bridgehead atoms. The summed E-state index contributed by atoms with van der Waals surface area (Å²) < 4.78 is 7.38. The number of rotatable bonds is 8. The predicted octanol–water partition coefficient (Wildman–Crippen LogP) is 9.70. The molecule has 0 saturated carbocycles. The fourth-order valence-electron chi connectivity index (χ4n) is 6.05. The molecule has 5 aromatic rings. The lowest BCUT2D eigenvalue weighted by Gasteiger charge is -2.40. The monoisotopic (exact) mass is 722 g/mol. The van der Waals surface area contributed by atoms with Crippen LogP contribution in [0, 0.1) is 11.3 Å². The van der Waals surface area contributed by atoms with Gasteiger partial charge in [-0.05, 0) is 69.5 Å². The average molecular weight is 725 g/mol. The Balaban J connectivity index is 1.39. The second-order valence-electron chi connectivity index (χ2n) is 12.7. The fraction of sp³-hybridized carbons (Fsp3) is 0.314. The largest absolute Gasteiger partial charge is 0.495 e. The van der Waals surface area contributed by atoms with Crippen LogP contribution in [-0.2, 0) is 0 Å². The number of methoxy groups -OCH3 is 1. The topological polar surface area (TPSA) is 104 Å². The van der Waals surface area contributed by atoms with E-state index >= 15 is 0 Å². The summed E-state index contributed by atoms with van der Waals surface area (Å²) in [4.78, 5) is 7.20. The smallest absolute Gasteiger partial charge is 0.139 e. The van der Waals surface area contributed by atoms with Gasteiger partial charge in [0.1, 0.15) is 17.5 Å². The fourth-order valence-corrected chi connectivity index (χ4v) is 6.91. The minimum absolute atomic E-state index is 0.132. The van der Waals surface area contributed by atoms with Crippen LogP contribution in [0.15, 0.2) is 60.9 Å². The number of pyridine rings is 1. The number of ether oxygens (including phenoxy) is 1. The summed E-state index contributed by atoms with van der Waals surface area (Å²) in [5.74, 6) is 0.430. The van der Waals surface area contributed by atoms with Gasteiger partial charge in [0.25, 0.3) is 0 Å². The Morgan fingerprint density at radius 1 is 0.958 bits per heavy atom. The van der Waals surface area contributed by atoms with E-state index < -0.39 is 6.04 Å². The van der Waals surface area contributed by atoms with Gasteiger partial charge in [0.05, 0.1) is 63.6 Å². The number of aromatic nitrogens is 4. The van der Waals surface area contributed by atoms with Crippen LogP contribution in [-0.4, -0.2) is 50.6 Å². The minimum atomic E-state index is -0.420. The van der Waals surface area contributed by atoms with Gasteiger partial charge in [0.15, 0.2) is 0 Å². The maximum Gasteiger partial charge on any atom is 0.139 e. The maximum absolute atomic E-state index is 10.0. The summed E-state index contributed by atoms with van der Waals surface area (Å²) in [6, 6.07) is 16.5. The number of fused-ring (bicyclic) bond motifs is 1. The van der Waals surface area contributed by atoms with Crippen molar-refractivity contribution in [1.82, 2.24) is 24.9 Å². The first-order chi connectivity index (χ1) is 22.9. The number of halogens is 4. The van der Waals surface area contributed by atoms with Crippen molar-refractivity contribution in [3.05, 3.63) is 97.8 Å². The van der Waals surface area contributed by atoms with Gasteiger partial charge in [-0.15, -0.1) is 5.10 Å². The van der Waals surface area contributed by atoms with Gasteiger partial charge in [0, 0.05) is 46.3 Å². The molecule has 2 N–H and O–H groups in total. The third-order valence-electron chi connectivity index (χ3n) is 8.67. The molecular weight excluding hydrogens is 690 g/mol. The lowest BCUT2D eigenvalue weighted by molar-refractivity contribution is 0.0866. The minimum Gasteiger partial charge on any atom is -0.495 e. The lowest BCUT2D eigenvalue weighted by Crippen LogP contribution is -2.46. The van der Waals surface area contributed by atoms with E-state index in [2.05, 4.69) is 52.7 Å². The van der Waals surface area contributed by atoms with Gasteiger partial charge in [0.2, 0.25) is 0 Å². The van der Waals surface area contributed by atoms with Crippen LogP contribution >= 0.6 is 46.4 Å². The van der Waals surface area contributed by atoms with Crippen LogP contribution in [0.2, 0.25) is 20.1 Å². The highest BCUT2D eigenvalue weighted by Gasteiger charge is 2.29. The molecule has 2 aromatic heterocycles. The van der Waals surface area contributed by atoms with Crippen LogP contribution < -0.4 is 15.4 Å². The van der Waals surface area contributed by atoms with Gasteiger partial charge in [-0.1, -0.05) is 63.7 Å². The summed E-state index contributed by atoms with van der Waals surface area (Å²) in [5, 5.41) is 28.6. The van der Waals surface area contributed by atoms with Gasteiger partial charge >= 0.3 is 0 Å². The highest BCUT2D eigenvalue weighted by Crippen LogP contribution is 2.41. The maximum atomic E-state index is 10.0. The van der Waals surface area contributed by atoms with Gasteiger partial charge < -0.3 is 15.4 Å². The van der Waals surface area contributed by atoms with Gasteiger partial charge in [-0.3, -0.25) is 9.88 Å². The molecule has 1 aliphatic heterocycles. The average Bonchev–Trinajstić information content (AvgIpc) is 3.55. The number of nitrogens with zero attached hydrogens (tertiary/aromatic N) is 6. The van der Waals surface area contributed by atoms with Gasteiger partial charge in [-0.25, -0.2) is 4.68 Å². The lowest BCUT2D eigenvalue weighted by atomic mass is 9.98. The number of benzene rings is 3. The number of anilines is 3. The number of likely N-dealkylation sites (tertiary alicyclic amines) is 1. The van der Waals surface area contributed by atoms with Crippen LogP contribution in [0.1, 0.15) is 62.5 Å². The van der Waals surface area contributed by atoms with Crippen molar-refractivity contribution < 1.29 is 4.74 Å². The summed E-state index contributed by atoms with van der Waals surface area (Å²) >= 11 is 25.9. The van der Waals surface area contributed by atoms with Crippen molar-refractivity contribution >= 4 is 74.4 Å². The van der Waals surface area contributed by atoms with Crippen molar-refractivity contribution in [3.63, 3.8) is 0 Å². The molecule has 13 heteroatoms. The standard InChI is InChI=1S/C35H34Cl4N8O/c1-35(2,3)46-11-9-24(10-12-46)47-19-30(44-45-47)33(20-5-7-22(36)8-6-20)43-29-14-23(37)13-25-32(21(17-40)18-41-34(25)29)42-28-16-31(48-4)27(39)15-26(28)38/h5-8,13-16,18-19,24,33,43H,9-12H2,1-4H3,(H,41,42)/t33-/m0/s1. The zero-order valence-electron chi connectivity index (χ0n) is 26.9. The van der Waals surface area contributed by atoms with Crippen molar-refractivity contribution in [1.29, 1.82) is 5.26 Å². The number of nitrogens with one attached hydrogen (secondary N) is 2. The number of hydrogen-bond acceptors (Lipinski definition) is 8. The summed E-state index contributed by atoms with van der Waals surface area (Å²) in [6.45, 7) is 8.75. The summed E-state index contributed by atoms with van der Waals surface area (Å²) in [5.41, 5.74) is 4.29. The van der Waals surface area contributed by atoms with Crippen molar-refractivity contribution in [2.75, 3.05) is 30.8 Å². The predicted molar refractivity (Wildman–Crippen MR) is 194 cm³/mol. The molecule has 1 saturated heterocycles. The molecule has 3 aromatic carbocycles. The first-order valence-corrected chi connectivity index (χ1v) is 17.0. The highest BCUT2D eigenvalue weighted by molar-refractivity contribution is 6.37. The molecule has 0 amide bonds. The molecule has 9 nitrogen and oxygen atoms in total. The Kier molecular flexibility index (Phi) is 9.93. The first-order valence-electron chi connectivity index (χ1n) is 15.5. The SMILES string of the molecule is COc1cc(Nc2c(C#N)cnc3c(N[C@@H](c4ccc(Cl)cc4)c4cn(C5CCN(C(C)(C)C)CC5)nn4)cc(Cl)cc23)c(Cl)cc1Cl. The quantitative estimate of drug-likeness (QED) is 0.163. The van der Waals surface area contributed by atoms with Gasteiger partial charge in [-0.2, -0.15) is 5.26 Å². The Morgan fingerprint density at radius 3 is 2.35 bits per heavy atom. The highest BCUT2D eigenvalue weighted by atomic mass is 35.5. The van der Waals surface area contributed by atoms with Crippen LogP contribution in [0.4, 0.5) is 17.1 Å². The molecule has 3 heterocycles. The van der Waals surface area contributed by atoms with Crippen LogP contribution in [0.5, 0.6) is 5.75 Å². The Labute approximate surface area is 299 Å². The van der Waals surface area contributed by atoms with Crippen molar-refractivity contribution in [2.45, 2.75) is 51.2 Å². The molecule has 0 unspecified atom stereocenters. The molecular formula is C35H34Cl4N8O. The molecule has 0 aliphatic carbocycles. The molecule has 6 rings (SSSR count). The van der Waals surface area contributed by atoms with Crippen molar-refractivity contribution in [2.24, 2.45) is 0 Å². The Bertz CT molecular complexity index is 1990. The zero-order valence-corrected chi connectivity index (χ0v) is 29.9. The van der Waals surface area contributed by atoms with E-state index in [1.807, 2.05) is 35.1 Å². The van der Waals surface area contributed by atoms with E-state index in [-0.39, 0.29) is 11.6 Å². The van der Waals surface area contributed by atoms with Crippen LogP contribution in [0.25, 0.3) is 10.9 Å². The second kappa shape index (κ2) is 14.0. The second-order valence-corrected chi connectivity index (χ2v) is 14.4. The Morgan fingerprint density at radius 2 is 1.69 bits per heavy atom. The zero-order chi connectivity index (χ0) is 34.2. The van der Waals surface area contributed by atoms with Crippen molar-refractivity contribution in [3.8, 4) is 11.8 Å². The molecule has 1 fully saturated rings. The van der Waals surface area contributed by atoms with E-state index in [1.165, 1.54) is 13.3 Å². The summed E-state index contributed by atoms with van der Waals surface area (Å²) in [7, 11) is 1.52. The van der Waals surface area contributed by atoms with E-state index in [4.69, 9.17) is 56.1 Å². The molecule has 0 spiro atoms. The van der Waals surface area contributed by atoms with E-state index in [0.717, 1.165) is 37.2 Å². The molecule has 1 atom stereocenters. The van der Waals surface area contributed by atoms with E-state index in [0.29, 0.717) is 59.4 Å².